The number of hydrogen-bond acceptors (Lipinski definition) is 5. The third-order valence-electron chi connectivity index (χ3n) is 4.74. The number of hydrogen-bond donors (Lipinski definition) is 0. The first-order valence-corrected chi connectivity index (χ1v) is 10.1. The van der Waals surface area contributed by atoms with Crippen molar-refractivity contribution in [2.24, 2.45) is 0 Å². The van der Waals surface area contributed by atoms with E-state index in [1.165, 1.54) is 27.8 Å². The van der Waals surface area contributed by atoms with E-state index in [2.05, 4.69) is 36.8 Å². The fraction of sp³-hybridized carbons (Fsp3) is 0.316. The minimum absolute atomic E-state index is 0.138. The maximum atomic E-state index is 12.9. The Bertz CT molecular complexity index is 966. The van der Waals surface area contributed by atoms with Crippen LogP contribution in [0.2, 0.25) is 0 Å². The van der Waals surface area contributed by atoms with E-state index in [1.54, 1.807) is 17.7 Å². The monoisotopic (exact) mass is 369 g/mol. The van der Waals surface area contributed by atoms with Gasteiger partial charge < -0.3 is 4.90 Å². The summed E-state index contributed by atoms with van der Waals surface area (Å²) in [6, 6.07) is 8.39. The van der Waals surface area contributed by atoms with Gasteiger partial charge in [0.05, 0.1) is 5.75 Å². The van der Waals surface area contributed by atoms with Gasteiger partial charge in [0.25, 0.3) is 0 Å². The topological polar surface area (TPSA) is 46.1 Å². The molecule has 0 saturated carbocycles. The molecule has 0 aliphatic carbocycles. The summed E-state index contributed by atoms with van der Waals surface area (Å²) in [6.07, 6.45) is 2.52. The number of amides is 1. The molecule has 25 heavy (non-hydrogen) atoms. The maximum Gasteiger partial charge on any atom is 0.237 e. The van der Waals surface area contributed by atoms with E-state index >= 15 is 0 Å². The van der Waals surface area contributed by atoms with Crippen LogP contribution in [0.1, 0.15) is 22.9 Å². The molecule has 128 valence electrons. The molecule has 0 fully saturated rings. The average Bonchev–Trinajstić information content (AvgIpc) is 3.09. The largest absolute Gasteiger partial charge is 0.308 e. The molecule has 1 aliphatic rings. The Morgan fingerprint density at radius 2 is 2.12 bits per heavy atom. The minimum Gasteiger partial charge on any atom is -0.308 e. The average molecular weight is 370 g/mol. The molecule has 0 unspecified atom stereocenters. The van der Waals surface area contributed by atoms with E-state index in [0.29, 0.717) is 5.75 Å². The van der Waals surface area contributed by atoms with Crippen molar-refractivity contribution in [3.63, 3.8) is 0 Å². The maximum absolute atomic E-state index is 12.9. The Morgan fingerprint density at radius 1 is 1.32 bits per heavy atom. The van der Waals surface area contributed by atoms with Crippen molar-refractivity contribution in [1.29, 1.82) is 0 Å². The van der Waals surface area contributed by atoms with Gasteiger partial charge in [0.1, 0.15) is 16.2 Å². The van der Waals surface area contributed by atoms with Gasteiger partial charge in [-0.1, -0.05) is 30.0 Å². The molecule has 1 aromatic carbocycles. The Labute approximate surface area is 155 Å². The van der Waals surface area contributed by atoms with E-state index in [-0.39, 0.29) is 11.9 Å². The van der Waals surface area contributed by atoms with Crippen LogP contribution in [0.15, 0.2) is 35.6 Å². The van der Waals surface area contributed by atoms with Crippen molar-refractivity contribution >= 4 is 44.9 Å². The molecule has 0 N–H and O–H groups in total. The molecule has 4 nitrogen and oxygen atoms in total. The van der Waals surface area contributed by atoms with Gasteiger partial charge in [0.15, 0.2) is 0 Å². The molecular formula is C19H19N3OS2. The molecule has 0 spiro atoms. The molecule has 0 radical (unpaired) electrons. The molecule has 2 aromatic heterocycles. The standard InChI is InChI=1S/C19H19N3OS2/c1-11-8-14-6-4-5-7-15(14)22(11)16(23)9-24-18-17-12(2)13(3)25-19(17)21-10-20-18/h4-7,10-11H,8-9H2,1-3H3/t11-/m1/s1. The predicted molar refractivity (Wildman–Crippen MR) is 105 cm³/mol. The van der Waals surface area contributed by atoms with Gasteiger partial charge in [-0.15, -0.1) is 11.3 Å². The van der Waals surface area contributed by atoms with E-state index < -0.39 is 0 Å². The van der Waals surface area contributed by atoms with Crippen molar-refractivity contribution < 1.29 is 4.79 Å². The molecule has 3 aromatic rings. The summed E-state index contributed by atoms with van der Waals surface area (Å²) in [5.41, 5.74) is 3.52. The van der Waals surface area contributed by atoms with Crippen LogP contribution < -0.4 is 4.90 Å². The Hall–Kier alpha value is -1.92. The highest BCUT2D eigenvalue weighted by Crippen LogP contribution is 2.36. The van der Waals surface area contributed by atoms with Crippen molar-refractivity contribution in [1.82, 2.24) is 9.97 Å². The highest BCUT2D eigenvalue weighted by atomic mass is 32.2. The van der Waals surface area contributed by atoms with Crippen LogP contribution in [-0.2, 0) is 11.2 Å². The van der Waals surface area contributed by atoms with Gasteiger partial charge in [-0.3, -0.25) is 4.79 Å². The van der Waals surface area contributed by atoms with E-state index in [9.17, 15) is 4.79 Å². The Morgan fingerprint density at radius 3 is 2.96 bits per heavy atom. The van der Waals surface area contributed by atoms with Crippen LogP contribution >= 0.6 is 23.1 Å². The number of para-hydroxylation sites is 1. The van der Waals surface area contributed by atoms with Crippen LogP contribution in [-0.4, -0.2) is 27.7 Å². The number of carbonyl (C=O) groups excluding carboxylic acids is 1. The highest BCUT2D eigenvalue weighted by Gasteiger charge is 2.30. The smallest absolute Gasteiger partial charge is 0.237 e. The molecule has 3 heterocycles. The number of anilines is 1. The molecule has 1 atom stereocenters. The summed E-state index contributed by atoms with van der Waals surface area (Å²) < 4.78 is 0. The summed E-state index contributed by atoms with van der Waals surface area (Å²) in [7, 11) is 0. The lowest BCUT2D eigenvalue weighted by atomic mass is 10.1. The Kier molecular flexibility index (Phi) is 4.25. The zero-order chi connectivity index (χ0) is 17.6. The van der Waals surface area contributed by atoms with Crippen LogP contribution in [0.4, 0.5) is 5.69 Å². The van der Waals surface area contributed by atoms with Gasteiger partial charge in [-0.05, 0) is 44.4 Å². The lowest BCUT2D eigenvalue weighted by Crippen LogP contribution is -2.37. The van der Waals surface area contributed by atoms with Gasteiger partial charge in [0, 0.05) is 22.0 Å². The molecule has 1 amide bonds. The number of rotatable bonds is 3. The summed E-state index contributed by atoms with van der Waals surface area (Å²) in [6.45, 7) is 6.31. The first-order chi connectivity index (χ1) is 12.1. The molecule has 6 heteroatoms. The first-order valence-electron chi connectivity index (χ1n) is 8.29. The van der Waals surface area contributed by atoms with Gasteiger partial charge in [0.2, 0.25) is 5.91 Å². The third-order valence-corrected chi connectivity index (χ3v) is 6.83. The molecule has 0 saturated heterocycles. The zero-order valence-electron chi connectivity index (χ0n) is 14.4. The van der Waals surface area contributed by atoms with Gasteiger partial charge >= 0.3 is 0 Å². The van der Waals surface area contributed by atoms with Crippen molar-refractivity contribution in [2.45, 2.75) is 38.3 Å². The van der Waals surface area contributed by atoms with Crippen LogP contribution in [0, 0.1) is 13.8 Å². The SMILES string of the molecule is Cc1sc2ncnc(SCC(=O)N3c4ccccc4C[C@H]3C)c2c1C. The summed E-state index contributed by atoms with van der Waals surface area (Å²) in [5.74, 6) is 0.526. The van der Waals surface area contributed by atoms with Crippen LogP contribution in [0.25, 0.3) is 10.2 Å². The van der Waals surface area contributed by atoms with E-state index in [4.69, 9.17) is 0 Å². The van der Waals surface area contributed by atoms with Crippen molar-refractivity contribution in [2.75, 3.05) is 10.7 Å². The van der Waals surface area contributed by atoms with Gasteiger partial charge in [-0.2, -0.15) is 0 Å². The normalized spacial score (nSPS) is 16.4. The fourth-order valence-electron chi connectivity index (χ4n) is 3.40. The molecular weight excluding hydrogens is 350 g/mol. The van der Waals surface area contributed by atoms with Gasteiger partial charge in [-0.25, -0.2) is 9.97 Å². The number of thioether (sulfide) groups is 1. The first kappa shape index (κ1) is 16.5. The van der Waals surface area contributed by atoms with Crippen molar-refractivity contribution in [3.05, 3.63) is 46.6 Å². The lowest BCUT2D eigenvalue weighted by Gasteiger charge is -2.22. The molecule has 0 bridgehead atoms. The second-order valence-electron chi connectivity index (χ2n) is 6.38. The zero-order valence-corrected chi connectivity index (χ0v) is 16.1. The third kappa shape index (κ3) is 2.83. The van der Waals surface area contributed by atoms with E-state index in [0.717, 1.165) is 27.4 Å². The second kappa shape index (κ2) is 6.42. The highest BCUT2D eigenvalue weighted by molar-refractivity contribution is 8.00. The van der Waals surface area contributed by atoms with Crippen molar-refractivity contribution in [3.8, 4) is 0 Å². The summed E-state index contributed by atoms with van der Waals surface area (Å²) in [5, 5.41) is 2.00. The number of carbonyl (C=O) groups is 1. The molecule has 1 aliphatic heterocycles. The summed E-state index contributed by atoms with van der Waals surface area (Å²) in [4.78, 5) is 25.9. The number of thiophene rings is 1. The quantitative estimate of drug-likeness (QED) is 0.508. The predicted octanol–water partition coefficient (Wildman–Crippen LogP) is 4.38. The lowest BCUT2D eigenvalue weighted by molar-refractivity contribution is -0.116. The number of fused-ring (bicyclic) bond motifs is 2. The van der Waals surface area contributed by atoms with E-state index in [1.807, 2.05) is 23.1 Å². The van der Waals surface area contributed by atoms with Crippen LogP contribution in [0.3, 0.4) is 0 Å². The number of aryl methyl sites for hydroxylation is 2. The summed E-state index contributed by atoms with van der Waals surface area (Å²) >= 11 is 3.20. The number of nitrogens with zero attached hydrogens (tertiary/aromatic N) is 3. The Balaban J connectivity index is 1.57. The fourth-order valence-corrected chi connectivity index (χ4v) is 5.38. The minimum atomic E-state index is 0.138. The molecule has 4 rings (SSSR count). The second-order valence-corrected chi connectivity index (χ2v) is 8.54. The number of aromatic nitrogens is 2. The van der Waals surface area contributed by atoms with Crippen LogP contribution in [0.5, 0.6) is 0 Å². The number of benzene rings is 1.